The summed E-state index contributed by atoms with van der Waals surface area (Å²) >= 11 is 3.61. The molecule has 0 aliphatic heterocycles. The first-order chi connectivity index (χ1) is 12.1. The average molecular weight is 410 g/mol. The van der Waals surface area contributed by atoms with Gasteiger partial charge in [0, 0.05) is 11.9 Å². The van der Waals surface area contributed by atoms with Crippen LogP contribution in [0.1, 0.15) is 52.4 Å². The Morgan fingerprint density at radius 1 is 1.28 bits per heavy atom. The summed E-state index contributed by atoms with van der Waals surface area (Å²) in [5.74, 6) is 1.92. The fourth-order valence-electron chi connectivity index (χ4n) is 3.60. The molecular weight excluding hydrogens is 382 g/mol. The van der Waals surface area contributed by atoms with E-state index in [-0.39, 0.29) is 6.10 Å². The molecule has 1 aliphatic carbocycles. The van der Waals surface area contributed by atoms with E-state index in [0.717, 1.165) is 41.7 Å². The number of anilines is 1. The van der Waals surface area contributed by atoms with Gasteiger partial charge in [0.25, 0.3) is 0 Å². The summed E-state index contributed by atoms with van der Waals surface area (Å²) in [7, 11) is 0. The molecule has 2 aromatic heterocycles. The van der Waals surface area contributed by atoms with Crippen LogP contribution in [0.4, 0.5) is 5.82 Å². The lowest BCUT2D eigenvalue weighted by atomic mass is 9.83. The Balaban J connectivity index is 1.76. The number of nitrogens with zero attached hydrogens (tertiary/aromatic N) is 4. The third-order valence-electron chi connectivity index (χ3n) is 5.12. The van der Waals surface area contributed by atoms with Gasteiger partial charge in [0.05, 0.1) is 17.7 Å². The first-order valence-electron chi connectivity index (χ1n) is 9.32. The zero-order valence-corrected chi connectivity index (χ0v) is 16.7. The number of alkyl halides is 1. The van der Waals surface area contributed by atoms with Crippen molar-refractivity contribution in [1.29, 1.82) is 0 Å². The highest BCUT2D eigenvalue weighted by Gasteiger charge is 2.22. The van der Waals surface area contributed by atoms with Gasteiger partial charge in [-0.05, 0) is 50.9 Å². The number of nitrogen functional groups attached to an aromatic ring is 1. The van der Waals surface area contributed by atoms with E-state index >= 15 is 0 Å². The van der Waals surface area contributed by atoms with Gasteiger partial charge in [-0.15, -0.1) is 0 Å². The SMILES string of the molecule is CCCC(C)Oc1nc(N)c2cnn(C[C@H]3CC[C@H](CBr)CC3)c2n1. The quantitative estimate of drug-likeness (QED) is 0.693. The lowest BCUT2D eigenvalue weighted by Gasteiger charge is -2.27. The van der Waals surface area contributed by atoms with E-state index in [2.05, 4.69) is 37.9 Å². The predicted molar refractivity (Wildman–Crippen MR) is 104 cm³/mol. The minimum Gasteiger partial charge on any atom is -0.460 e. The fraction of sp³-hybridized carbons (Fsp3) is 0.722. The minimum absolute atomic E-state index is 0.0813. The second kappa shape index (κ2) is 8.34. The topological polar surface area (TPSA) is 78.9 Å². The highest BCUT2D eigenvalue weighted by Crippen LogP contribution is 2.31. The second-order valence-corrected chi connectivity index (χ2v) is 7.86. The van der Waals surface area contributed by atoms with Gasteiger partial charge in [-0.25, -0.2) is 4.68 Å². The van der Waals surface area contributed by atoms with Gasteiger partial charge >= 0.3 is 6.01 Å². The Morgan fingerprint density at radius 2 is 2.00 bits per heavy atom. The van der Waals surface area contributed by atoms with Crippen LogP contribution in [-0.2, 0) is 6.54 Å². The van der Waals surface area contributed by atoms with Crippen molar-refractivity contribution in [2.45, 2.75) is 65.0 Å². The number of hydrogen-bond acceptors (Lipinski definition) is 5. The second-order valence-electron chi connectivity index (χ2n) is 7.21. The van der Waals surface area contributed by atoms with E-state index in [4.69, 9.17) is 10.5 Å². The molecule has 0 amide bonds. The molecule has 1 fully saturated rings. The van der Waals surface area contributed by atoms with Gasteiger partial charge in [-0.2, -0.15) is 15.1 Å². The van der Waals surface area contributed by atoms with Crippen molar-refractivity contribution < 1.29 is 4.74 Å². The van der Waals surface area contributed by atoms with Crippen molar-refractivity contribution in [3.8, 4) is 6.01 Å². The molecule has 2 aromatic rings. The van der Waals surface area contributed by atoms with E-state index in [0.29, 0.717) is 17.7 Å². The molecular formula is C18H28BrN5O. The Kier molecular flexibility index (Phi) is 6.15. The van der Waals surface area contributed by atoms with Crippen molar-refractivity contribution >= 4 is 32.8 Å². The maximum absolute atomic E-state index is 6.10. The van der Waals surface area contributed by atoms with Crippen LogP contribution >= 0.6 is 15.9 Å². The van der Waals surface area contributed by atoms with E-state index in [9.17, 15) is 0 Å². The van der Waals surface area contributed by atoms with Gasteiger partial charge < -0.3 is 10.5 Å². The first kappa shape index (κ1) is 18.4. The molecule has 0 spiro atoms. The summed E-state index contributed by atoms with van der Waals surface area (Å²) in [6, 6.07) is 0.357. The number of ether oxygens (including phenoxy) is 1. The normalized spacial score (nSPS) is 22.2. The molecule has 138 valence electrons. The van der Waals surface area contributed by atoms with E-state index in [1.165, 1.54) is 25.7 Å². The Bertz CT molecular complexity index is 696. The number of rotatable bonds is 7. The molecule has 1 aliphatic rings. The molecule has 1 saturated carbocycles. The van der Waals surface area contributed by atoms with E-state index < -0.39 is 0 Å². The van der Waals surface area contributed by atoms with E-state index in [1.54, 1.807) is 6.20 Å². The van der Waals surface area contributed by atoms with Crippen molar-refractivity contribution in [2.75, 3.05) is 11.1 Å². The summed E-state index contributed by atoms with van der Waals surface area (Å²) in [5.41, 5.74) is 6.89. The fourth-order valence-corrected chi connectivity index (χ4v) is 4.25. The van der Waals surface area contributed by atoms with Crippen LogP contribution in [0.3, 0.4) is 0 Å². The third kappa shape index (κ3) is 4.43. The largest absolute Gasteiger partial charge is 0.460 e. The van der Waals surface area contributed by atoms with Crippen molar-refractivity contribution in [2.24, 2.45) is 11.8 Å². The zero-order chi connectivity index (χ0) is 17.8. The summed E-state index contributed by atoms with van der Waals surface area (Å²) in [4.78, 5) is 8.89. The first-order valence-corrected chi connectivity index (χ1v) is 10.4. The maximum atomic E-state index is 6.10. The average Bonchev–Trinajstić information content (AvgIpc) is 2.99. The smallest absolute Gasteiger partial charge is 0.320 e. The summed E-state index contributed by atoms with van der Waals surface area (Å²) in [6.45, 7) is 5.06. The molecule has 0 bridgehead atoms. The lowest BCUT2D eigenvalue weighted by Crippen LogP contribution is -2.20. The molecule has 2 heterocycles. The maximum Gasteiger partial charge on any atom is 0.320 e. The third-order valence-corrected chi connectivity index (χ3v) is 6.04. The Labute approximate surface area is 157 Å². The number of hydrogen-bond donors (Lipinski definition) is 1. The van der Waals surface area contributed by atoms with Crippen molar-refractivity contribution in [1.82, 2.24) is 19.7 Å². The predicted octanol–water partition coefficient (Wildman–Crippen LogP) is 4.18. The highest BCUT2D eigenvalue weighted by molar-refractivity contribution is 9.09. The Hall–Kier alpha value is -1.37. The standard InChI is InChI=1S/C18H28BrN5O/c1-3-4-12(2)25-18-22-16(20)15-10-21-24(17(15)23-18)11-14-7-5-13(9-19)6-8-14/h10,12-14H,3-9,11H2,1-2H3,(H2,20,22,23)/t12?,13-,14-. The number of fused-ring (bicyclic) bond motifs is 1. The lowest BCUT2D eigenvalue weighted by molar-refractivity contribution is 0.193. The van der Waals surface area contributed by atoms with Crippen LogP contribution in [0, 0.1) is 11.8 Å². The summed E-state index contributed by atoms with van der Waals surface area (Å²) in [5, 5.41) is 6.44. The van der Waals surface area contributed by atoms with Gasteiger partial charge in [0.1, 0.15) is 5.82 Å². The molecule has 0 radical (unpaired) electrons. The highest BCUT2D eigenvalue weighted by atomic mass is 79.9. The van der Waals surface area contributed by atoms with Gasteiger partial charge in [0.2, 0.25) is 0 Å². The number of aromatic nitrogens is 4. The molecule has 1 atom stereocenters. The van der Waals surface area contributed by atoms with Crippen LogP contribution in [0.5, 0.6) is 6.01 Å². The minimum atomic E-state index is 0.0813. The Morgan fingerprint density at radius 3 is 2.68 bits per heavy atom. The number of nitrogens with two attached hydrogens (primary N) is 1. The van der Waals surface area contributed by atoms with Gasteiger partial charge in [0.15, 0.2) is 5.65 Å². The summed E-state index contributed by atoms with van der Waals surface area (Å²) in [6.07, 6.45) is 8.95. The summed E-state index contributed by atoms with van der Waals surface area (Å²) < 4.78 is 7.81. The van der Waals surface area contributed by atoms with E-state index in [1.807, 2.05) is 11.6 Å². The molecule has 0 saturated heterocycles. The zero-order valence-electron chi connectivity index (χ0n) is 15.1. The van der Waals surface area contributed by atoms with Crippen LogP contribution in [0.2, 0.25) is 0 Å². The molecule has 6 nitrogen and oxygen atoms in total. The van der Waals surface area contributed by atoms with Crippen molar-refractivity contribution in [3.63, 3.8) is 0 Å². The molecule has 7 heteroatoms. The van der Waals surface area contributed by atoms with Crippen LogP contribution in [0.15, 0.2) is 6.20 Å². The van der Waals surface area contributed by atoms with Gasteiger partial charge in [-0.3, -0.25) is 0 Å². The number of halogens is 1. The van der Waals surface area contributed by atoms with Crippen molar-refractivity contribution in [3.05, 3.63) is 6.20 Å². The molecule has 25 heavy (non-hydrogen) atoms. The van der Waals surface area contributed by atoms with Gasteiger partial charge in [-0.1, -0.05) is 29.3 Å². The van der Waals surface area contributed by atoms with Crippen LogP contribution < -0.4 is 10.5 Å². The van der Waals surface area contributed by atoms with Crippen LogP contribution in [0.25, 0.3) is 11.0 Å². The molecule has 1 unspecified atom stereocenters. The molecule has 0 aromatic carbocycles. The monoisotopic (exact) mass is 409 g/mol. The van der Waals surface area contributed by atoms with Crippen LogP contribution in [-0.4, -0.2) is 31.2 Å². The molecule has 2 N–H and O–H groups in total. The molecule has 3 rings (SSSR count).